The normalized spacial score (nSPS) is 9.80. The van der Waals surface area contributed by atoms with Crippen LogP contribution in [0.4, 0.5) is 0 Å². The summed E-state index contributed by atoms with van der Waals surface area (Å²) in [6.45, 7) is 2.17. The van der Waals surface area contributed by atoms with E-state index in [1.54, 1.807) is 0 Å². The van der Waals surface area contributed by atoms with Gasteiger partial charge in [-0.15, -0.1) is 0 Å². The predicted molar refractivity (Wildman–Crippen MR) is 42.2 cm³/mol. The summed E-state index contributed by atoms with van der Waals surface area (Å²) in [6, 6.07) is 0. The standard InChI is InChI=1S/C7H15.H2O.O.Sn/c1-3-5-7-6-4-2;;;/h1,3-7H2,2H3;1H2;;/q;;;+1/p-1. The van der Waals surface area contributed by atoms with Crippen LogP contribution in [-0.4, -0.2) is 23.6 Å². The number of hydrogen-bond acceptors (Lipinski definition) is 1. The van der Waals surface area contributed by atoms with Crippen molar-refractivity contribution in [1.82, 2.24) is 0 Å². The SMILES string of the molecule is CCCCCC[CH2][Sn](=[O])[OH]. The van der Waals surface area contributed by atoms with E-state index in [-0.39, 0.29) is 0 Å². The van der Waals surface area contributed by atoms with Gasteiger partial charge in [-0.1, -0.05) is 0 Å². The van der Waals surface area contributed by atoms with Gasteiger partial charge in [-0.05, 0) is 0 Å². The van der Waals surface area contributed by atoms with Crippen molar-refractivity contribution in [2.24, 2.45) is 0 Å². The van der Waals surface area contributed by atoms with Crippen molar-refractivity contribution in [2.75, 3.05) is 0 Å². The molecule has 3 heteroatoms. The van der Waals surface area contributed by atoms with E-state index in [0.29, 0.717) is 4.44 Å². The summed E-state index contributed by atoms with van der Waals surface area (Å²) in [7, 11) is 0. The number of hydrogen-bond donors (Lipinski definition) is 1. The molecular weight excluding hydrogens is 235 g/mol. The molecule has 0 spiro atoms. The average Bonchev–Trinajstić information content (AvgIpc) is 1.87. The van der Waals surface area contributed by atoms with E-state index in [9.17, 15) is 3.08 Å². The summed E-state index contributed by atoms with van der Waals surface area (Å²) in [5.74, 6) is 0. The monoisotopic (exact) mass is 252 g/mol. The summed E-state index contributed by atoms with van der Waals surface area (Å²) < 4.78 is 19.5. The van der Waals surface area contributed by atoms with Crippen molar-refractivity contribution in [2.45, 2.75) is 43.5 Å². The van der Waals surface area contributed by atoms with Gasteiger partial charge in [0.1, 0.15) is 0 Å². The van der Waals surface area contributed by atoms with E-state index in [0.717, 1.165) is 12.8 Å². The maximum atomic E-state index is 10.3. The van der Waals surface area contributed by atoms with Crippen LogP contribution in [0.15, 0.2) is 0 Å². The Kier molecular flexibility index (Phi) is 8.09. The molecule has 2 nitrogen and oxygen atoms in total. The van der Waals surface area contributed by atoms with Gasteiger partial charge in [0.15, 0.2) is 0 Å². The van der Waals surface area contributed by atoms with E-state index >= 15 is 0 Å². The second-order valence-corrected chi connectivity index (χ2v) is 6.23. The Morgan fingerprint density at radius 3 is 2.30 bits per heavy atom. The number of unbranched alkanes of at least 4 members (excludes halogenated alkanes) is 4. The molecule has 0 unspecified atom stereocenters. The Morgan fingerprint density at radius 2 is 1.80 bits per heavy atom. The van der Waals surface area contributed by atoms with Crippen LogP contribution in [0.3, 0.4) is 0 Å². The van der Waals surface area contributed by atoms with Crippen molar-refractivity contribution in [3.8, 4) is 0 Å². The summed E-state index contributed by atoms with van der Waals surface area (Å²) in [5.41, 5.74) is 0. The van der Waals surface area contributed by atoms with Gasteiger partial charge < -0.3 is 0 Å². The first kappa shape index (κ1) is 10.6. The van der Waals surface area contributed by atoms with Crippen LogP contribution in [0.25, 0.3) is 0 Å². The quantitative estimate of drug-likeness (QED) is 0.577. The Morgan fingerprint density at radius 1 is 1.20 bits per heavy atom. The summed E-state index contributed by atoms with van der Waals surface area (Å²) in [6.07, 6.45) is 5.84. The van der Waals surface area contributed by atoms with Crippen molar-refractivity contribution in [3.05, 3.63) is 0 Å². The molecule has 0 aliphatic heterocycles. The molecule has 0 aromatic carbocycles. The molecule has 0 rings (SSSR count). The fraction of sp³-hybridized carbons (Fsp3) is 1.00. The molecule has 0 aromatic rings. The maximum absolute atomic E-state index is 10.3. The van der Waals surface area contributed by atoms with Gasteiger partial charge in [-0.25, -0.2) is 0 Å². The molecule has 60 valence electrons. The summed E-state index contributed by atoms with van der Waals surface area (Å²) in [4.78, 5) is 0. The van der Waals surface area contributed by atoms with Gasteiger partial charge in [0.05, 0.1) is 0 Å². The van der Waals surface area contributed by atoms with Crippen LogP contribution in [0, 0.1) is 0 Å². The second kappa shape index (κ2) is 7.66. The van der Waals surface area contributed by atoms with Gasteiger partial charge in [-0.3, -0.25) is 0 Å². The number of rotatable bonds is 6. The van der Waals surface area contributed by atoms with E-state index in [1.165, 1.54) is 19.3 Å². The minimum atomic E-state index is -2.94. The zero-order chi connectivity index (χ0) is 7.82. The zero-order valence-electron chi connectivity index (χ0n) is 6.60. The Hall–Kier alpha value is 0.559. The van der Waals surface area contributed by atoms with Crippen molar-refractivity contribution < 1.29 is 6.52 Å². The van der Waals surface area contributed by atoms with Crippen LogP contribution in [0.5, 0.6) is 0 Å². The van der Waals surface area contributed by atoms with Gasteiger partial charge in [0.25, 0.3) is 0 Å². The molecule has 0 fully saturated rings. The van der Waals surface area contributed by atoms with E-state index in [2.05, 4.69) is 6.92 Å². The van der Waals surface area contributed by atoms with Gasteiger partial charge in [-0.2, -0.15) is 0 Å². The molecular formula is C7H16O2Sn. The van der Waals surface area contributed by atoms with Crippen molar-refractivity contribution in [3.63, 3.8) is 0 Å². The fourth-order valence-corrected chi connectivity index (χ4v) is 2.46. The molecule has 0 atom stereocenters. The van der Waals surface area contributed by atoms with E-state index in [1.807, 2.05) is 0 Å². The minimum absolute atomic E-state index is 0.617. The molecule has 0 saturated carbocycles. The zero-order valence-corrected chi connectivity index (χ0v) is 9.45. The summed E-state index contributed by atoms with van der Waals surface area (Å²) in [5, 5.41) is 0. The van der Waals surface area contributed by atoms with Gasteiger partial charge in [0, 0.05) is 0 Å². The topological polar surface area (TPSA) is 37.3 Å². The molecule has 0 amide bonds. The Balaban J connectivity index is 2.84. The van der Waals surface area contributed by atoms with Crippen LogP contribution >= 0.6 is 0 Å². The first-order valence-corrected chi connectivity index (χ1v) is 8.45. The van der Waals surface area contributed by atoms with E-state index < -0.39 is 20.2 Å². The molecule has 0 aliphatic rings. The molecule has 1 N–H and O–H groups in total. The molecule has 10 heavy (non-hydrogen) atoms. The Labute approximate surface area is 70.3 Å². The van der Waals surface area contributed by atoms with Crippen molar-refractivity contribution in [1.29, 1.82) is 0 Å². The summed E-state index contributed by atoms with van der Waals surface area (Å²) >= 11 is -2.94. The van der Waals surface area contributed by atoms with E-state index in [4.69, 9.17) is 3.44 Å². The first-order chi connectivity index (χ1) is 4.77. The molecule has 0 aliphatic carbocycles. The predicted octanol–water partition coefficient (Wildman–Crippen LogP) is 1.87. The van der Waals surface area contributed by atoms with Crippen molar-refractivity contribution >= 4 is 20.2 Å². The fourth-order valence-electron chi connectivity index (χ4n) is 0.880. The molecule has 0 saturated heterocycles. The molecule has 0 radical (unpaired) electrons. The third kappa shape index (κ3) is 8.56. The van der Waals surface area contributed by atoms with Crippen LogP contribution in [-0.2, 0) is 3.08 Å². The van der Waals surface area contributed by atoms with Crippen LogP contribution < -0.4 is 0 Å². The van der Waals surface area contributed by atoms with Crippen LogP contribution in [0.2, 0.25) is 4.44 Å². The molecule has 0 heterocycles. The second-order valence-electron chi connectivity index (χ2n) is 2.56. The Bertz CT molecular complexity index is 93.6. The first-order valence-electron chi connectivity index (χ1n) is 3.99. The average molecular weight is 251 g/mol. The molecule has 0 aromatic heterocycles. The van der Waals surface area contributed by atoms with Gasteiger partial charge in [0.2, 0.25) is 0 Å². The third-order valence-electron chi connectivity index (χ3n) is 1.49. The molecule has 0 bridgehead atoms. The van der Waals surface area contributed by atoms with Gasteiger partial charge >= 0.3 is 70.1 Å². The third-order valence-corrected chi connectivity index (χ3v) is 3.72. The van der Waals surface area contributed by atoms with Crippen LogP contribution in [0.1, 0.15) is 39.0 Å².